The van der Waals surface area contributed by atoms with Gasteiger partial charge in [0.2, 0.25) is 0 Å². The molecule has 1 rings (SSSR count). The summed E-state index contributed by atoms with van der Waals surface area (Å²) in [5.74, 6) is 0.699. The number of anilines is 1. The molecule has 3 nitrogen and oxygen atoms in total. The van der Waals surface area contributed by atoms with Crippen molar-refractivity contribution in [3.8, 4) is 0 Å². The first-order valence-electron chi connectivity index (χ1n) is 6.10. The predicted molar refractivity (Wildman–Crippen MR) is 68.7 cm³/mol. The van der Waals surface area contributed by atoms with E-state index in [1.165, 1.54) is 0 Å². The van der Waals surface area contributed by atoms with Crippen LogP contribution in [0.1, 0.15) is 45.6 Å². The summed E-state index contributed by atoms with van der Waals surface area (Å²) in [6.45, 7) is 10.8. The average Bonchev–Trinajstić information content (AvgIpc) is 2.21. The minimum Gasteiger partial charge on any atom is -0.368 e. The largest absolute Gasteiger partial charge is 0.368 e. The molecule has 0 fully saturated rings. The predicted octanol–water partition coefficient (Wildman–Crippen LogP) is 3.33. The first-order chi connectivity index (χ1) is 7.83. The van der Waals surface area contributed by atoms with Gasteiger partial charge in [-0.25, -0.2) is 14.4 Å². The van der Waals surface area contributed by atoms with E-state index in [1.54, 1.807) is 6.92 Å². The lowest BCUT2D eigenvalue weighted by Crippen LogP contribution is -2.12. The Labute approximate surface area is 103 Å². The van der Waals surface area contributed by atoms with Crippen LogP contribution in [0.4, 0.5) is 10.2 Å². The maximum Gasteiger partial charge on any atom is 0.186 e. The zero-order valence-corrected chi connectivity index (χ0v) is 11.4. The maximum atomic E-state index is 13.7. The number of hydrogen-bond donors (Lipinski definition) is 1. The third kappa shape index (κ3) is 4.29. The third-order valence-electron chi connectivity index (χ3n) is 2.51. The van der Waals surface area contributed by atoms with Gasteiger partial charge in [-0.05, 0) is 25.7 Å². The molecular weight excluding hydrogens is 217 g/mol. The molecule has 0 aliphatic heterocycles. The van der Waals surface area contributed by atoms with Gasteiger partial charge in [0.15, 0.2) is 11.6 Å². The van der Waals surface area contributed by atoms with E-state index in [-0.39, 0.29) is 11.2 Å². The summed E-state index contributed by atoms with van der Waals surface area (Å²) >= 11 is 0. The van der Waals surface area contributed by atoms with Crippen molar-refractivity contribution in [2.24, 2.45) is 5.41 Å². The summed E-state index contributed by atoms with van der Waals surface area (Å²) in [5, 5.41) is 2.93. The number of aromatic nitrogens is 2. The van der Waals surface area contributed by atoms with Crippen LogP contribution in [-0.4, -0.2) is 16.5 Å². The Morgan fingerprint density at radius 2 is 1.88 bits per heavy atom. The molecule has 0 unspecified atom stereocenters. The zero-order chi connectivity index (χ0) is 13.1. The van der Waals surface area contributed by atoms with Crippen LogP contribution in [0, 0.1) is 18.2 Å². The van der Waals surface area contributed by atoms with Crippen LogP contribution in [0.2, 0.25) is 0 Å². The standard InChI is InChI=1S/C13H22FN3/c1-6-15-12-11(14)9(2)16-10(17-12)7-8-13(3,4)5/h6-8H2,1-5H3,(H,15,16,17). The Balaban J connectivity index is 2.86. The normalized spacial score (nSPS) is 11.6. The second kappa shape index (κ2) is 5.43. The van der Waals surface area contributed by atoms with Crippen molar-refractivity contribution < 1.29 is 4.39 Å². The maximum absolute atomic E-state index is 13.7. The summed E-state index contributed by atoms with van der Waals surface area (Å²) in [6, 6.07) is 0. The number of aryl methyl sites for hydroxylation is 2. The van der Waals surface area contributed by atoms with Crippen LogP contribution in [0.5, 0.6) is 0 Å². The highest BCUT2D eigenvalue weighted by molar-refractivity contribution is 5.37. The van der Waals surface area contributed by atoms with Crippen molar-refractivity contribution in [2.45, 2.75) is 47.5 Å². The van der Waals surface area contributed by atoms with Crippen LogP contribution in [0.25, 0.3) is 0 Å². The molecule has 0 atom stereocenters. The van der Waals surface area contributed by atoms with Gasteiger partial charge in [0, 0.05) is 13.0 Å². The lowest BCUT2D eigenvalue weighted by atomic mass is 9.90. The van der Waals surface area contributed by atoms with E-state index in [2.05, 4.69) is 36.1 Å². The second-order valence-corrected chi connectivity index (χ2v) is 5.48. The molecule has 0 aliphatic carbocycles. The molecule has 0 radical (unpaired) electrons. The first kappa shape index (κ1) is 13.9. The Kier molecular flexibility index (Phi) is 4.43. The summed E-state index contributed by atoms with van der Waals surface area (Å²) in [7, 11) is 0. The van der Waals surface area contributed by atoms with Gasteiger partial charge >= 0.3 is 0 Å². The van der Waals surface area contributed by atoms with Crippen molar-refractivity contribution in [3.63, 3.8) is 0 Å². The Bertz CT molecular complexity index is 383. The minimum absolute atomic E-state index is 0.240. The van der Waals surface area contributed by atoms with Gasteiger partial charge < -0.3 is 5.32 Å². The molecule has 0 saturated carbocycles. The zero-order valence-electron chi connectivity index (χ0n) is 11.4. The fraction of sp³-hybridized carbons (Fsp3) is 0.692. The number of nitrogens with one attached hydrogen (secondary N) is 1. The second-order valence-electron chi connectivity index (χ2n) is 5.48. The van der Waals surface area contributed by atoms with Gasteiger partial charge in [-0.3, -0.25) is 0 Å². The molecule has 0 saturated heterocycles. The summed E-state index contributed by atoms with van der Waals surface area (Å²) < 4.78 is 13.7. The number of nitrogens with zero attached hydrogens (tertiary/aromatic N) is 2. The van der Waals surface area contributed by atoms with E-state index >= 15 is 0 Å². The van der Waals surface area contributed by atoms with Crippen molar-refractivity contribution in [1.82, 2.24) is 9.97 Å². The smallest absolute Gasteiger partial charge is 0.186 e. The first-order valence-corrected chi connectivity index (χ1v) is 6.10. The molecule has 0 bridgehead atoms. The van der Waals surface area contributed by atoms with Crippen LogP contribution in [0.15, 0.2) is 0 Å². The summed E-state index contributed by atoms with van der Waals surface area (Å²) in [6.07, 6.45) is 1.77. The van der Waals surface area contributed by atoms with Gasteiger partial charge in [-0.1, -0.05) is 20.8 Å². The molecule has 0 aromatic carbocycles. The lowest BCUT2D eigenvalue weighted by molar-refractivity contribution is 0.374. The molecule has 1 aromatic heterocycles. The van der Waals surface area contributed by atoms with Crippen LogP contribution >= 0.6 is 0 Å². The molecule has 0 spiro atoms. The topological polar surface area (TPSA) is 37.8 Å². The fourth-order valence-electron chi connectivity index (χ4n) is 1.50. The van der Waals surface area contributed by atoms with Crippen molar-refractivity contribution >= 4 is 5.82 Å². The van der Waals surface area contributed by atoms with Gasteiger partial charge in [-0.2, -0.15) is 0 Å². The van der Waals surface area contributed by atoms with Crippen molar-refractivity contribution in [2.75, 3.05) is 11.9 Å². The highest BCUT2D eigenvalue weighted by Gasteiger charge is 2.14. The van der Waals surface area contributed by atoms with Gasteiger partial charge in [0.25, 0.3) is 0 Å². The molecule has 4 heteroatoms. The van der Waals surface area contributed by atoms with Crippen LogP contribution < -0.4 is 5.32 Å². The summed E-state index contributed by atoms with van der Waals surface area (Å²) in [5.41, 5.74) is 0.657. The van der Waals surface area contributed by atoms with E-state index in [1.807, 2.05) is 6.92 Å². The number of hydrogen-bond acceptors (Lipinski definition) is 3. The molecule has 17 heavy (non-hydrogen) atoms. The van der Waals surface area contributed by atoms with Crippen molar-refractivity contribution in [3.05, 3.63) is 17.3 Å². The van der Waals surface area contributed by atoms with Crippen molar-refractivity contribution in [1.29, 1.82) is 0 Å². The van der Waals surface area contributed by atoms with E-state index in [9.17, 15) is 4.39 Å². The minimum atomic E-state index is -0.341. The highest BCUT2D eigenvalue weighted by atomic mass is 19.1. The Hall–Kier alpha value is -1.19. The number of rotatable bonds is 4. The highest BCUT2D eigenvalue weighted by Crippen LogP contribution is 2.21. The molecule has 1 N–H and O–H groups in total. The quantitative estimate of drug-likeness (QED) is 0.875. The number of halogens is 1. The Morgan fingerprint density at radius 3 is 2.41 bits per heavy atom. The van der Waals surface area contributed by atoms with Crippen LogP contribution in [0.3, 0.4) is 0 Å². The van der Waals surface area contributed by atoms with E-state index in [0.717, 1.165) is 18.7 Å². The molecular formula is C13H22FN3. The van der Waals surface area contributed by atoms with E-state index < -0.39 is 0 Å². The van der Waals surface area contributed by atoms with Gasteiger partial charge in [0.1, 0.15) is 5.82 Å². The fourth-order valence-corrected chi connectivity index (χ4v) is 1.50. The van der Waals surface area contributed by atoms with Crippen LogP contribution in [-0.2, 0) is 6.42 Å². The molecule has 0 aliphatic rings. The summed E-state index contributed by atoms with van der Waals surface area (Å²) in [4.78, 5) is 8.42. The molecule has 1 aromatic rings. The lowest BCUT2D eigenvalue weighted by Gasteiger charge is -2.17. The third-order valence-corrected chi connectivity index (χ3v) is 2.51. The molecule has 1 heterocycles. The van der Waals surface area contributed by atoms with Gasteiger partial charge in [0.05, 0.1) is 5.69 Å². The monoisotopic (exact) mass is 239 g/mol. The average molecular weight is 239 g/mol. The van der Waals surface area contributed by atoms with E-state index in [0.29, 0.717) is 18.1 Å². The SMILES string of the molecule is CCNc1nc(CCC(C)(C)C)nc(C)c1F. The van der Waals surface area contributed by atoms with E-state index in [4.69, 9.17) is 0 Å². The van der Waals surface area contributed by atoms with Gasteiger partial charge in [-0.15, -0.1) is 0 Å². The molecule has 96 valence electrons. The Morgan fingerprint density at radius 1 is 1.24 bits per heavy atom. The molecule has 0 amide bonds.